The number of aromatic nitrogens is 1. The van der Waals surface area contributed by atoms with E-state index < -0.39 is 5.54 Å². The van der Waals surface area contributed by atoms with Crippen LogP contribution in [0.15, 0.2) is 48.8 Å². The first kappa shape index (κ1) is 16.6. The predicted molar refractivity (Wildman–Crippen MR) is 90.6 cm³/mol. The van der Waals surface area contributed by atoms with Gasteiger partial charge in [0.25, 0.3) is 0 Å². The van der Waals surface area contributed by atoms with Gasteiger partial charge in [0.05, 0.1) is 5.54 Å². The SMILES string of the molecule is CC(=O)NC1(c2ccc(F)cc2)CCN(Cc2cccnc2)CC1. The number of nitrogens with one attached hydrogen (secondary N) is 1. The zero-order chi connectivity index (χ0) is 17.0. The molecule has 0 saturated carbocycles. The molecular formula is C19H22FN3O. The summed E-state index contributed by atoms with van der Waals surface area (Å²) in [6.45, 7) is 4.12. The van der Waals surface area contributed by atoms with Crippen LogP contribution in [0.1, 0.15) is 30.9 Å². The number of nitrogens with zero attached hydrogens (tertiary/aromatic N) is 2. The molecule has 3 rings (SSSR count). The molecular weight excluding hydrogens is 305 g/mol. The molecule has 0 bridgehead atoms. The number of likely N-dealkylation sites (tertiary alicyclic amines) is 1. The molecule has 0 aliphatic carbocycles. The van der Waals surface area contributed by atoms with Crippen molar-refractivity contribution in [3.8, 4) is 0 Å². The fraction of sp³-hybridized carbons (Fsp3) is 0.368. The Labute approximate surface area is 141 Å². The van der Waals surface area contributed by atoms with Gasteiger partial charge < -0.3 is 5.32 Å². The Morgan fingerprint density at radius 1 is 1.25 bits per heavy atom. The van der Waals surface area contributed by atoms with Gasteiger partial charge in [-0.3, -0.25) is 14.7 Å². The lowest BCUT2D eigenvalue weighted by molar-refractivity contribution is -0.121. The highest BCUT2D eigenvalue weighted by atomic mass is 19.1. The summed E-state index contributed by atoms with van der Waals surface area (Å²) in [6, 6.07) is 10.5. The van der Waals surface area contributed by atoms with Gasteiger partial charge in [0, 0.05) is 39.0 Å². The van der Waals surface area contributed by atoms with Crippen LogP contribution < -0.4 is 5.32 Å². The maximum absolute atomic E-state index is 13.2. The van der Waals surface area contributed by atoms with Crippen molar-refractivity contribution in [1.29, 1.82) is 0 Å². The van der Waals surface area contributed by atoms with Gasteiger partial charge in [0.2, 0.25) is 5.91 Å². The van der Waals surface area contributed by atoms with Gasteiger partial charge in [-0.2, -0.15) is 0 Å². The minimum absolute atomic E-state index is 0.0555. The van der Waals surface area contributed by atoms with Crippen molar-refractivity contribution in [2.75, 3.05) is 13.1 Å². The molecule has 2 heterocycles. The smallest absolute Gasteiger partial charge is 0.217 e. The number of hydrogen-bond acceptors (Lipinski definition) is 3. The monoisotopic (exact) mass is 327 g/mol. The normalized spacial score (nSPS) is 17.4. The van der Waals surface area contributed by atoms with Gasteiger partial charge in [-0.05, 0) is 42.2 Å². The summed E-state index contributed by atoms with van der Waals surface area (Å²) in [5.74, 6) is -0.314. The maximum atomic E-state index is 13.2. The first-order chi connectivity index (χ1) is 11.6. The molecule has 0 atom stereocenters. The van der Waals surface area contributed by atoms with E-state index in [0.29, 0.717) is 0 Å². The standard InChI is InChI=1S/C19H22FN3O/c1-15(24)22-19(17-4-6-18(20)7-5-17)8-11-23(12-9-19)14-16-3-2-10-21-13-16/h2-7,10,13H,8-9,11-12,14H2,1H3,(H,22,24). The molecule has 0 spiro atoms. The predicted octanol–water partition coefficient (Wildman–Crippen LogP) is 2.85. The fourth-order valence-electron chi connectivity index (χ4n) is 3.43. The molecule has 5 heteroatoms. The van der Waals surface area contributed by atoms with E-state index in [0.717, 1.165) is 38.0 Å². The highest BCUT2D eigenvalue weighted by Crippen LogP contribution is 2.33. The second-order valence-corrected chi connectivity index (χ2v) is 6.41. The van der Waals surface area contributed by atoms with Crippen LogP contribution in [-0.4, -0.2) is 28.9 Å². The third-order valence-electron chi connectivity index (χ3n) is 4.65. The number of pyridine rings is 1. The molecule has 1 N–H and O–H groups in total. The van der Waals surface area contributed by atoms with Crippen LogP contribution in [-0.2, 0) is 16.9 Å². The van der Waals surface area contributed by atoms with E-state index in [1.165, 1.54) is 24.6 Å². The average molecular weight is 327 g/mol. The largest absolute Gasteiger partial charge is 0.347 e. The van der Waals surface area contributed by atoms with Crippen molar-refractivity contribution in [3.63, 3.8) is 0 Å². The Morgan fingerprint density at radius 2 is 1.96 bits per heavy atom. The van der Waals surface area contributed by atoms with Gasteiger partial charge in [-0.15, -0.1) is 0 Å². The van der Waals surface area contributed by atoms with E-state index in [-0.39, 0.29) is 11.7 Å². The first-order valence-corrected chi connectivity index (χ1v) is 8.23. The molecule has 1 fully saturated rings. The molecule has 126 valence electrons. The van der Waals surface area contributed by atoms with Crippen LogP contribution in [0.5, 0.6) is 0 Å². The summed E-state index contributed by atoms with van der Waals surface area (Å²) in [6.07, 6.45) is 5.27. The van der Waals surface area contributed by atoms with Crippen LogP contribution in [0.4, 0.5) is 4.39 Å². The Kier molecular flexibility index (Phi) is 4.90. The molecule has 0 radical (unpaired) electrons. The summed E-state index contributed by atoms with van der Waals surface area (Å²) in [5.41, 5.74) is 1.75. The first-order valence-electron chi connectivity index (χ1n) is 8.23. The number of piperidine rings is 1. The van der Waals surface area contributed by atoms with Crippen molar-refractivity contribution >= 4 is 5.91 Å². The van der Waals surface area contributed by atoms with E-state index in [1.807, 2.05) is 12.3 Å². The summed E-state index contributed by atoms with van der Waals surface area (Å²) in [4.78, 5) is 18.2. The van der Waals surface area contributed by atoms with Gasteiger partial charge in [0.1, 0.15) is 5.82 Å². The average Bonchev–Trinajstić information content (AvgIpc) is 2.58. The molecule has 1 aliphatic rings. The topological polar surface area (TPSA) is 45.2 Å². The third kappa shape index (κ3) is 3.79. The van der Waals surface area contributed by atoms with Crippen molar-refractivity contribution in [2.24, 2.45) is 0 Å². The van der Waals surface area contributed by atoms with Crippen LogP contribution in [0, 0.1) is 5.82 Å². The molecule has 1 aromatic heterocycles. The van der Waals surface area contributed by atoms with E-state index in [4.69, 9.17) is 0 Å². The molecule has 1 saturated heterocycles. The molecule has 1 amide bonds. The van der Waals surface area contributed by atoms with Crippen LogP contribution in [0.25, 0.3) is 0 Å². The number of carbonyl (C=O) groups excluding carboxylic acids is 1. The second-order valence-electron chi connectivity index (χ2n) is 6.41. The quantitative estimate of drug-likeness (QED) is 0.939. The van der Waals surface area contributed by atoms with E-state index in [9.17, 15) is 9.18 Å². The van der Waals surface area contributed by atoms with E-state index in [1.54, 1.807) is 18.3 Å². The highest BCUT2D eigenvalue weighted by molar-refractivity contribution is 5.74. The minimum Gasteiger partial charge on any atom is -0.347 e. The Hall–Kier alpha value is -2.27. The van der Waals surface area contributed by atoms with Crippen molar-refractivity contribution < 1.29 is 9.18 Å². The van der Waals surface area contributed by atoms with Gasteiger partial charge in [-0.25, -0.2) is 4.39 Å². The zero-order valence-electron chi connectivity index (χ0n) is 13.8. The van der Waals surface area contributed by atoms with Crippen LogP contribution >= 0.6 is 0 Å². The molecule has 24 heavy (non-hydrogen) atoms. The zero-order valence-corrected chi connectivity index (χ0v) is 13.8. The Balaban J connectivity index is 1.73. The molecule has 2 aromatic rings. The number of rotatable bonds is 4. The molecule has 1 aliphatic heterocycles. The molecule has 1 aromatic carbocycles. The summed E-state index contributed by atoms with van der Waals surface area (Å²) >= 11 is 0. The van der Waals surface area contributed by atoms with E-state index >= 15 is 0 Å². The number of carbonyl (C=O) groups is 1. The Morgan fingerprint density at radius 3 is 2.54 bits per heavy atom. The molecule has 4 nitrogen and oxygen atoms in total. The summed E-state index contributed by atoms with van der Waals surface area (Å²) in [7, 11) is 0. The summed E-state index contributed by atoms with van der Waals surface area (Å²) in [5, 5.41) is 3.12. The minimum atomic E-state index is -0.412. The van der Waals surface area contributed by atoms with Gasteiger partial charge in [-0.1, -0.05) is 18.2 Å². The van der Waals surface area contributed by atoms with Crippen LogP contribution in [0.3, 0.4) is 0 Å². The van der Waals surface area contributed by atoms with Gasteiger partial charge >= 0.3 is 0 Å². The van der Waals surface area contributed by atoms with Crippen molar-refractivity contribution in [2.45, 2.75) is 31.8 Å². The maximum Gasteiger partial charge on any atom is 0.217 e. The number of amides is 1. The number of hydrogen-bond donors (Lipinski definition) is 1. The Bertz CT molecular complexity index is 680. The van der Waals surface area contributed by atoms with Crippen molar-refractivity contribution in [3.05, 3.63) is 65.7 Å². The second kappa shape index (κ2) is 7.09. The van der Waals surface area contributed by atoms with E-state index in [2.05, 4.69) is 21.3 Å². The fourth-order valence-corrected chi connectivity index (χ4v) is 3.43. The number of benzene rings is 1. The lowest BCUT2D eigenvalue weighted by Crippen LogP contribution is -2.52. The number of halogens is 1. The lowest BCUT2D eigenvalue weighted by Gasteiger charge is -2.42. The summed E-state index contributed by atoms with van der Waals surface area (Å²) < 4.78 is 13.2. The van der Waals surface area contributed by atoms with Crippen LogP contribution in [0.2, 0.25) is 0 Å². The van der Waals surface area contributed by atoms with Crippen molar-refractivity contribution in [1.82, 2.24) is 15.2 Å². The third-order valence-corrected chi connectivity index (χ3v) is 4.65. The van der Waals surface area contributed by atoms with Gasteiger partial charge in [0.15, 0.2) is 0 Å². The highest BCUT2D eigenvalue weighted by Gasteiger charge is 2.36. The lowest BCUT2D eigenvalue weighted by atomic mass is 9.80. The molecule has 0 unspecified atom stereocenters.